The van der Waals surface area contributed by atoms with Crippen LogP contribution >= 0.6 is 0 Å². The third-order valence-corrected chi connectivity index (χ3v) is 5.33. The molecule has 0 bridgehead atoms. The van der Waals surface area contributed by atoms with Gasteiger partial charge in [0, 0.05) is 29.0 Å². The van der Waals surface area contributed by atoms with Crippen LogP contribution in [0.4, 0.5) is 24.5 Å². The van der Waals surface area contributed by atoms with Crippen molar-refractivity contribution in [3.8, 4) is 0 Å². The molecule has 3 aromatic rings. The maximum atomic E-state index is 13.0. The van der Waals surface area contributed by atoms with Crippen molar-refractivity contribution >= 4 is 40.4 Å². The smallest absolute Gasteiger partial charge is 0.475 e. The Balaban J connectivity index is 0.000000505. The van der Waals surface area contributed by atoms with Gasteiger partial charge in [0.25, 0.3) is 5.91 Å². The lowest BCUT2D eigenvalue weighted by molar-refractivity contribution is -0.192. The Bertz CT molecular complexity index is 1370. The van der Waals surface area contributed by atoms with E-state index < -0.39 is 18.1 Å². The number of nitrogens with zero attached hydrogens (tertiary/aromatic N) is 1. The molecule has 198 valence electrons. The van der Waals surface area contributed by atoms with Crippen molar-refractivity contribution in [1.82, 2.24) is 4.90 Å². The SMILES string of the molecule is CN(C)Cc1ccc(NC(=C2C(=O)Nc3cc(C(N)=O)ccc32)c2ccccc2)cc1.O=C(O)C(F)(F)F. The lowest BCUT2D eigenvalue weighted by atomic mass is 9.99. The molecule has 8 nitrogen and oxygen atoms in total. The fourth-order valence-corrected chi connectivity index (χ4v) is 3.66. The Kier molecular flexibility index (Phi) is 8.53. The summed E-state index contributed by atoms with van der Waals surface area (Å²) < 4.78 is 31.7. The number of amides is 2. The molecule has 3 aromatic carbocycles. The molecule has 0 fully saturated rings. The molecule has 5 N–H and O–H groups in total. The Morgan fingerprint density at radius 3 is 2.11 bits per heavy atom. The molecule has 0 aromatic heterocycles. The van der Waals surface area contributed by atoms with Crippen molar-refractivity contribution in [3.63, 3.8) is 0 Å². The van der Waals surface area contributed by atoms with Crippen LogP contribution < -0.4 is 16.4 Å². The second-order valence-electron chi connectivity index (χ2n) is 8.56. The number of carboxylic acid groups (broad SMARTS) is 1. The van der Waals surface area contributed by atoms with E-state index in [1.165, 1.54) is 5.56 Å². The van der Waals surface area contributed by atoms with Crippen LogP contribution in [0, 0.1) is 0 Å². The number of primary amides is 1. The average Bonchev–Trinajstić information content (AvgIpc) is 3.18. The molecule has 0 saturated carbocycles. The highest BCUT2D eigenvalue weighted by Crippen LogP contribution is 2.38. The van der Waals surface area contributed by atoms with Crippen LogP contribution in [-0.4, -0.2) is 48.1 Å². The zero-order valence-corrected chi connectivity index (χ0v) is 20.5. The monoisotopic (exact) mass is 526 g/mol. The minimum absolute atomic E-state index is 0.229. The van der Waals surface area contributed by atoms with E-state index >= 15 is 0 Å². The summed E-state index contributed by atoms with van der Waals surface area (Å²) in [4.78, 5) is 35.5. The molecular weight excluding hydrogens is 501 g/mol. The van der Waals surface area contributed by atoms with Gasteiger partial charge in [-0.25, -0.2) is 4.79 Å². The summed E-state index contributed by atoms with van der Waals surface area (Å²) in [6.07, 6.45) is -5.08. The third kappa shape index (κ3) is 6.98. The zero-order chi connectivity index (χ0) is 28.0. The number of nitrogens with one attached hydrogen (secondary N) is 2. The zero-order valence-electron chi connectivity index (χ0n) is 20.5. The van der Waals surface area contributed by atoms with E-state index in [1.807, 2.05) is 56.6 Å². The fourth-order valence-electron chi connectivity index (χ4n) is 3.66. The summed E-state index contributed by atoms with van der Waals surface area (Å²) in [5, 5.41) is 13.4. The number of hydrogen-bond donors (Lipinski definition) is 4. The van der Waals surface area contributed by atoms with Gasteiger partial charge in [-0.15, -0.1) is 0 Å². The first kappa shape index (κ1) is 27.9. The second-order valence-corrected chi connectivity index (χ2v) is 8.56. The van der Waals surface area contributed by atoms with E-state index in [0.717, 1.165) is 23.4 Å². The first-order valence-electron chi connectivity index (χ1n) is 11.2. The predicted molar refractivity (Wildman–Crippen MR) is 138 cm³/mol. The summed E-state index contributed by atoms with van der Waals surface area (Å²) >= 11 is 0. The maximum absolute atomic E-state index is 13.0. The highest BCUT2D eigenvalue weighted by molar-refractivity contribution is 6.37. The molecule has 0 unspecified atom stereocenters. The Morgan fingerprint density at radius 1 is 0.974 bits per heavy atom. The van der Waals surface area contributed by atoms with Crippen LogP contribution in [0.1, 0.15) is 27.0 Å². The maximum Gasteiger partial charge on any atom is 0.490 e. The number of carboxylic acids is 1. The number of hydrogen-bond acceptors (Lipinski definition) is 5. The Labute approximate surface area is 216 Å². The van der Waals surface area contributed by atoms with Crippen LogP contribution in [0.5, 0.6) is 0 Å². The molecule has 1 aliphatic rings. The van der Waals surface area contributed by atoms with Gasteiger partial charge in [-0.1, -0.05) is 48.5 Å². The topological polar surface area (TPSA) is 125 Å². The number of benzene rings is 3. The summed E-state index contributed by atoms with van der Waals surface area (Å²) in [6.45, 7) is 0.852. The van der Waals surface area contributed by atoms with Crippen LogP contribution in [0.15, 0.2) is 72.8 Å². The van der Waals surface area contributed by atoms with E-state index in [4.69, 9.17) is 15.6 Å². The fraction of sp³-hybridized carbons (Fsp3) is 0.148. The molecule has 4 rings (SSSR count). The van der Waals surface area contributed by atoms with Gasteiger partial charge in [-0.3, -0.25) is 9.59 Å². The van der Waals surface area contributed by atoms with Crippen molar-refractivity contribution in [3.05, 3.63) is 95.1 Å². The van der Waals surface area contributed by atoms with E-state index in [9.17, 15) is 22.8 Å². The van der Waals surface area contributed by atoms with Gasteiger partial charge < -0.3 is 26.4 Å². The van der Waals surface area contributed by atoms with Gasteiger partial charge in [-0.05, 0) is 49.5 Å². The highest BCUT2D eigenvalue weighted by Gasteiger charge is 2.38. The molecule has 0 radical (unpaired) electrons. The van der Waals surface area contributed by atoms with Crippen molar-refractivity contribution < 1.29 is 32.7 Å². The minimum atomic E-state index is -5.08. The summed E-state index contributed by atoms with van der Waals surface area (Å²) in [7, 11) is 4.06. The number of carbonyl (C=O) groups is 3. The second kappa shape index (κ2) is 11.6. The predicted octanol–water partition coefficient (Wildman–Crippen LogP) is 4.41. The number of fused-ring (bicyclic) bond motifs is 1. The molecular formula is C27H25F3N4O4. The Hall–Kier alpha value is -4.64. The number of carbonyl (C=O) groups excluding carboxylic acids is 2. The first-order valence-corrected chi connectivity index (χ1v) is 11.2. The molecule has 0 spiro atoms. The van der Waals surface area contributed by atoms with Crippen molar-refractivity contribution in [2.45, 2.75) is 12.7 Å². The molecule has 0 aliphatic carbocycles. The Morgan fingerprint density at radius 2 is 1.58 bits per heavy atom. The van der Waals surface area contributed by atoms with Crippen molar-refractivity contribution in [1.29, 1.82) is 0 Å². The van der Waals surface area contributed by atoms with Crippen molar-refractivity contribution in [2.24, 2.45) is 5.73 Å². The molecule has 0 saturated heterocycles. The lowest BCUT2D eigenvalue weighted by Gasteiger charge is -2.16. The number of alkyl halides is 3. The van der Waals surface area contributed by atoms with Gasteiger partial charge in [0.15, 0.2) is 0 Å². The number of aliphatic carboxylic acids is 1. The number of halogens is 3. The molecule has 11 heteroatoms. The van der Waals surface area contributed by atoms with Crippen molar-refractivity contribution in [2.75, 3.05) is 24.7 Å². The van der Waals surface area contributed by atoms with E-state index in [1.54, 1.807) is 18.2 Å². The number of rotatable bonds is 6. The molecule has 1 heterocycles. The molecule has 1 aliphatic heterocycles. The van der Waals surface area contributed by atoms with Gasteiger partial charge in [0.05, 0.1) is 11.3 Å². The van der Waals surface area contributed by atoms with Gasteiger partial charge in [-0.2, -0.15) is 13.2 Å². The van der Waals surface area contributed by atoms with Crippen LogP contribution in [0.2, 0.25) is 0 Å². The van der Waals surface area contributed by atoms with Gasteiger partial charge in [0.1, 0.15) is 0 Å². The largest absolute Gasteiger partial charge is 0.490 e. The highest BCUT2D eigenvalue weighted by atomic mass is 19.4. The molecule has 2 amide bonds. The third-order valence-electron chi connectivity index (χ3n) is 5.33. The average molecular weight is 527 g/mol. The summed E-state index contributed by atoms with van der Waals surface area (Å²) in [6, 6.07) is 22.9. The minimum Gasteiger partial charge on any atom is -0.475 e. The van der Waals surface area contributed by atoms with Crippen LogP contribution in [0.3, 0.4) is 0 Å². The van der Waals surface area contributed by atoms with Gasteiger partial charge >= 0.3 is 12.1 Å². The standard InChI is InChI=1S/C25H24N4O2.C2HF3O2/c1-29(2)15-16-8-11-19(12-9-16)27-23(17-6-4-3-5-7-17)22-20-13-10-18(24(26)30)14-21(20)28-25(22)31;3-2(4,5)1(6)7/h3-14,27H,15H2,1-2H3,(H2,26,30)(H,28,31);(H,6,7). The lowest BCUT2D eigenvalue weighted by Crippen LogP contribution is -2.21. The van der Waals surface area contributed by atoms with E-state index in [2.05, 4.69) is 27.7 Å². The number of anilines is 2. The van der Waals surface area contributed by atoms with E-state index in [0.29, 0.717) is 22.5 Å². The molecule has 38 heavy (non-hydrogen) atoms. The van der Waals surface area contributed by atoms with Gasteiger partial charge in [0.2, 0.25) is 5.91 Å². The number of nitrogens with two attached hydrogens (primary N) is 1. The summed E-state index contributed by atoms with van der Waals surface area (Å²) in [5.41, 5.74) is 11.2. The molecule has 0 atom stereocenters. The normalized spacial score (nSPS) is 13.7. The van der Waals surface area contributed by atoms with E-state index in [-0.39, 0.29) is 5.91 Å². The quantitative estimate of drug-likeness (QED) is 0.353. The van der Waals surface area contributed by atoms with Crippen LogP contribution in [-0.2, 0) is 16.1 Å². The summed E-state index contributed by atoms with van der Waals surface area (Å²) in [5.74, 6) is -3.52. The van der Waals surface area contributed by atoms with Crippen LogP contribution in [0.25, 0.3) is 11.3 Å². The first-order chi connectivity index (χ1) is 17.9.